The maximum atomic E-state index is 10.3. The van der Waals surface area contributed by atoms with Crippen LogP contribution in [0.5, 0.6) is 0 Å². The van der Waals surface area contributed by atoms with E-state index in [1.807, 2.05) is 0 Å². The summed E-state index contributed by atoms with van der Waals surface area (Å²) in [6.07, 6.45) is 22.3. The van der Waals surface area contributed by atoms with Crippen molar-refractivity contribution in [2.75, 3.05) is 0 Å². The Kier molecular flexibility index (Phi) is 15.2. The van der Waals surface area contributed by atoms with Gasteiger partial charge in [0.15, 0.2) is 0 Å². The second-order valence-corrected chi connectivity index (χ2v) is 5.41. The number of hydrogen-bond donors (Lipinski definition) is 1. The van der Waals surface area contributed by atoms with Crippen LogP contribution < -0.4 is 0 Å². The molecule has 0 spiro atoms. The standard InChI is InChI=1S/C18H32O2/c1-2-3-4-5-6-7-8-9-10-11-12-13-14-15-16-17-18(19)20/h4-7H,2-3,8-17H2,1H3,(H,19,20)/b5-4+,7-6-. The smallest absolute Gasteiger partial charge is 0.303 e. The minimum atomic E-state index is -0.664. The summed E-state index contributed by atoms with van der Waals surface area (Å²) in [5.74, 6) is -0.664. The van der Waals surface area contributed by atoms with Gasteiger partial charge in [-0.15, -0.1) is 0 Å². The first-order chi connectivity index (χ1) is 9.77. The molecule has 1 N–H and O–H groups in total. The molecule has 0 amide bonds. The second-order valence-electron chi connectivity index (χ2n) is 5.41. The summed E-state index contributed by atoms with van der Waals surface area (Å²) in [5, 5.41) is 8.51. The fraction of sp³-hybridized carbons (Fsp3) is 0.722. The van der Waals surface area contributed by atoms with Crippen molar-refractivity contribution in [1.82, 2.24) is 0 Å². The molecule has 2 heteroatoms. The Hall–Kier alpha value is -1.05. The molecule has 0 rings (SSSR count). The zero-order chi connectivity index (χ0) is 14.9. The fourth-order valence-electron chi connectivity index (χ4n) is 2.12. The Bertz CT molecular complexity index is 267. The molecular formula is C18H32O2. The highest BCUT2D eigenvalue weighted by Gasteiger charge is 1.96. The number of hydrogen-bond acceptors (Lipinski definition) is 1. The molecule has 0 saturated heterocycles. The van der Waals surface area contributed by atoms with Gasteiger partial charge in [0, 0.05) is 6.42 Å². The van der Waals surface area contributed by atoms with E-state index in [2.05, 4.69) is 31.2 Å². The highest BCUT2D eigenvalue weighted by atomic mass is 16.4. The first kappa shape index (κ1) is 18.9. The van der Waals surface area contributed by atoms with Crippen LogP contribution in [0.15, 0.2) is 24.3 Å². The highest BCUT2D eigenvalue weighted by Crippen LogP contribution is 2.10. The second kappa shape index (κ2) is 16.0. The average molecular weight is 280 g/mol. The molecule has 0 unspecified atom stereocenters. The number of carbonyl (C=O) groups is 1. The van der Waals surface area contributed by atoms with E-state index in [0.29, 0.717) is 6.42 Å². The molecular weight excluding hydrogens is 248 g/mol. The number of carboxylic acid groups (broad SMARTS) is 1. The third kappa shape index (κ3) is 16.9. The molecule has 0 bridgehead atoms. The molecule has 0 aliphatic carbocycles. The van der Waals surface area contributed by atoms with E-state index >= 15 is 0 Å². The zero-order valence-electron chi connectivity index (χ0n) is 13.2. The highest BCUT2D eigenvalue weighted by molar-refractivity contribution is 5.66. The van der Waals surface area contributed by atoms with Gasteiger partial charge in [-0.05, 0) is 25.7 Å². The van der Waals surface area contributed by atoms with E-state index in [0.717, 1.165) is 12.8 Å². The van der Waals surface area contributed by atoms with Gasteiger partial charge in [0.2, 0.25) is 0 Å². The third-order valence-corrected chi connectivity index (χ3v) is 3.35. The van der Waals surface area contributed by atoms with Gasteiger partial charge >= 0.3 is 5.97 Å². The minimum Gasteiger partial charge on any atom is -0.481 e. The van der Waals surface area contributed by atoms with Crippen LogP contribution in [-0.2, 0) is 4.79 Å². The lowest BCUT2D eigenvalue weighted by Gasteiger charge is -2.00. The quantitative estimate of drug-likeness (QED) is 0.318. The number of allylic oxidation sites excluding steroid dienone is 4. The molecule has 20 heavy (non-hydrogen) atoms. The zero-order valence-corrected chi connectivity index (χ0v) is 13.2. The van der Waals surface area contributed by atoms with Gasteiger partial charge in [0.1, 0.15) is 0 Å². The molecule has 0 aromatic heterocycles. The summed E-state index contributed by atoms with van der Waals surface area (Å²) in [7, 11) is 0. The fourth-order valence-corrected chi connectivity index (χ4v) is 2.12. The van der Waals surface area contributed by atoms with Gasteiger partial charge in [-0.2, -0.15) is 0 Å². The van der Waals surface area contributed by atoms with Gasteiger partial charge in [-0.1, -0.05) is 76.2 Å². The molecule has 0 fully saturated rings. The monoisotopic (exact) mass is 280 g/mol. The molecule has 0 atom stereocenters. The van der Waals surface area contributed by atoms with Crippen molar-refractivity contribution in [3.8, 4) is 0 Å². The van der Waals surface area contributed by atoms with Crippen molar-refractivity contribution in [2.45, 2.75) is 84.0 Å². The molecule has 0 radical (unpaired) electrons. The van der Waals surface area contributed by atoms with Crippen LogP contribution in [0.4, 0.5) is 0 Å². The Labute approximate surface area is 125 Å². The summed E-state index contributed by atoms with van der Waals surface area (Å²) in [5.41, 5.74) is 0. The number of aliphatic carboxylic acids is 1. The summed E-state index contributed by atoms with van der Waals surface area (Å²) in [6.45, 7) is 2.19. The average Bonchev–Trinajstić information content (AvgIpc) is 2.43. The van der Waals surface area contributed by atoms with Gasteiger partial charge in [0.25, 0.3) is 0 Å². The first-order valence-corrected chi connectivity index (χ1v) is 8.30. The molecule has 0 saturated carbocycles. The van der Waals surface area contributed by atoms with Crippen molar-refractivity contribution in [3.05, 3.63) is 24.3 Å². The van der Waals surface area contributed by atoms with Crippen LogP contribution in [-0.4, -0.2) is 11.1 Å². The van der Waals surface area contributed by atoms with Crippen LogP contribution in [0.1, 0.15) is 84.0 Å². The number of carboxylic acids is 1. The minimum absolute atomic E-state index is 0.332. The Morgan fingerprint density at radius 1 is 0.800 bits per heavy atom. The lowest BCUT2D eigenvalue weighted by molar-refractivity contribution is -0.137. The van der Waals surface area contributed by atoms with Crippen LogP contribution in [0.3, 0.4) is 0 Å². The molecule has 0 aromatic rings. The van der Waals surface area contributed by atoms with Gasteiger partial charge in [-0.25, -0.2) is 0 Å². The molecule has 0 aromatic carbocycles. The molecule has 2 nitrogen and oxygen atoms in total. The molecule has 0 heterocycles. The summed E-state index contributed by atoms with van der Waals surface area (Å²) in [4.78, 5) is 10.3. The van der Waals surface area contributed by atoms with Crippen LogP contribution in [0, 0.1) is 0 Å². The largest absolute Gasteiger partial charge is 0.481 e. The van der Waals surface area contributed by atoms with Crippen molar-refractivity contribution in [1.29, 1.82) is 0 Å². The predicted molar refractivity (Wildman–Crippen MR) is 87.0 cm³/mol. The summed E-state index contributed by atoms with van der Waals surface area (Å²) >= 11 is 0. The van der Waals surface area contributed by atoms with E-state index in [-0.39, 0.29) is 0 Å². The van der Waals surface area contributed by atoms with Crippen molar-refractivity contribution >= 4 is 5.97 Å². The van der Waals surface area contributed by atoms with E-state index in [1.165, 1.54) is 57.8 Å². The topological polar surface area (TPSA) is 37.3 Å². The Balaban J connectivity index is 3.11. The Morgan fingerprint density at radius 3 is 1.85 bits per heavy atom. The van der Waals surface area contributed by atoms with E-state index in [9.17, 15) is 4.79 Å². The lowest BCUT2D eigenvalue weighted by Crippen LogP contribution is -1.93. The van der Waals surface area contributed by atoms with Crippen molar-refractivity contribution in [3.63, 3.8) is 0 Å². The lowest BCUT2D eigenvalue weighted by atomic mass is 10.1. The van der Waals surface area contributed by atoms with Gasteiger partial charge in [0.05, 0.1) is 0 Å². The van der Waals surface area contributed by atoms with Gasteiger partial charge in [-0.3, -0.25) is 4.79 Å². The maximum Gasteiger partial charge on any atom is 0.303 e. The van der Waals surface area contributed by atoms with Crippen molar-refractivity contribution < 1.29 is 9.90 Å². The van der Waals surface area contributed by atoms with Crippen LogP contribution in [0.2, 0.25) is 0 Å². The normalized spacial score (nSPS) is 11.7. The maximum absolute atomic E-state index is 10.3. The predicted octanol–water partition coefficient (Wildman–Crippen LogP) is 5.88. The molecule has 116 valence electrons. The van der Waals surface area contributed by atoms with Gasteiger partial charge < -0.3 is 5.11 Å². The first-order valence-electron chi connectivity index (χ1n) is 8.30. The number of unbranched alkanes of at least 4 members (excludes halogenated alkanes) is 9. The Morgan fingerprint density at radius 2 is 1.30 bits per heavy atom. The summed E-state index contributed by atoms with van der Waals surface area (Å²) < 4.78 is 0. The van der Waals surface area contributed by atoms with E-state index in [4.69, 9.17) is 5.11 Å². The SMILES string of the molecule is CCC/C=C/C=C\CCCCCCCCCCC(=O)O. The molecule has 0 aliphatic heterocycles. The summed E-state index contributed by atoms with van der Waals surface area (Å²) in [6, 6.07) is 0. The third-order valence-electron chi connectivity index (χ3n) is 3.35. The van der Waals surface area contributed by atoms with E-state index < -0.39 is 5.97 Å². The number of rotatable bonds is 14. The van der Waals surface area contributed by atoms with Crippen LogP contribution in [0.25, 0.3) is 0 Å². The van der Waals surface area contributed by atoms with Crippen LogP contribution >= 0.6 is 0 Å². The van der Waals surface area contributed by atoms with E-state index in [1.54, 1.807) is 0 Å². The van der Waals surface area contributed by atoms with Crippen molar-refractivity contribution in [2.24, 2.45) is 0 Å². The molecule has 0 aliphatic rings.